The number of methoxy groups -OCH3 is 1. The molecule has 5 aromatic rings. The van der Waals surface area contributed by atoms with Gasteiger partial charge in [0.2, 0.25) is 11.6 Å². The van der Waals surface area contributed by atoms with Crippen LogP contribution < -0.4 is 19.5 Å². The first kappa shape index (κ1) is 24.3. The number of fused-ring (bicyclic) bond motifs is 4. The Morgan fingerprint density at radius 1 is 1.21 bits per heavy atom. The van der Waals surface area contributed by atoms with E-state index in [2.05, 4.69) is 25.1 Å². The summed E-state index contributed by atoms with van der Waals surface area (Å²) in [6.07, 6.45) is 3.27. The number of thiazole rings is 1. The zero-order valence-corrected chi connectivity index (χ0v) is 21.6. The summed E-state index contributed by atoms with van der Waals surface area (Å²) in [5.41, 5.74) is 4.83. The molecule has 11 nitrogen and oxygen atoms in total. The number of ether oxygens (including phenoxy) is 4. The Labute approximate surface area is 226 Å². The highest BCUT2D eigenvalue weighted by Crippen LogP contribution is 2.44. The number of nitrogens with one attached hydrogen (secondary N) is 1. The molecule has 3 aromatic heterocycles. The molecule has 0 aliphatic carbocycles. The van der Waals surface area contributed by atoms with Crippen molar-refractivity contribution in [3.8, 4) is 28.0 Å². The molecule has 12 heteroatoms. The van der Waals surface area contributed by atoms with Gasteiger partial charge in [0.15, 0.2) is 17.6 Å². The van der Waals surface area contributed by atoms with Gasteiger partial charge in [0.25, 0.3) is 0 Å². The average molecular weight is 541 g/mol. The Balaban J connectivity index is 1.20. The van der Waals surface area contributed by atoms with Gasteiger partial charge in [-0.1, -0.05) is 0 Å². The predicted molar refractivity (Wildman–Crippen MR) is 145 cm³/mol. The number of hydrogen-bond donors (Lipinski definition) is 1. The van der Waals surface area contributed by atoms with Gasteiger partial charge in [0.05, 0.1) is 42.1 Å². The molecule has 2 aromatic carbocycles. The van der Waals surface area contributed by atoms with Crippen molar-refractivity contribution in [2.24, 2.45) is 0 Å². The molecule has 1 atom stereocenters. The number of carbonyl (C=O) groups excluding carboxylic acids is 1. The molecule has 0 unspecified atom stereocenters. The number of nitrogens with zero attached hydrogens (tertiary/aromatic N) is 5. The van der Waals surface area contributed by atoms with Crippen molar-refractivity contribution in [3.63, 3.8) is 0 Å². The maximum Gasteiger partial charge on any atom is 0.411 e. The van der Waals surface area contributed by atoms with Crippen LogP contribution >= 0.6 is 11.3 Å². The number of hydrogen-bond acceptors (Lipinski definition) is 10. The lowest BCUT2D eigenvalue weighted by molar-refractivity contribution is 0.0383. The Bertz CT molecular complexity index is 1780. The third-order valence-electron chi connectivity index (χ3n) is 5.89. The third-order valence-corrected chi connectivity index (χ3v) is 6.99. The second kappa shape index (κ2) is 10.0. The molecule has 0 radical (unpaired) electrons. The van der Waals surface area contributed by atoms with E-state index in [0.717, 1.165) is 37.4 Å². The van der Waals surface area contributed by atoms with Crippen LogP contribution in [0.4, 0.5) is 16.2 Å². The molecule has 0 saturated carbocycles. The van der Waals surface area contributed by atoms with E-state index in [1.165, 1.54) is 29.8 Å². The molecule has 1 aliphatic heterocycles. The second-order valence-electron chi connectivity index (χ2n) is 8.67. The number of benzene rings is 2. The number of rotatable bonds is 5. The van der Waals surface area contributed by atoms with E-state index in [1.807, 2.05) is 25.1 Å². The van der Waals surface area contributed by atoms with Crippen molar-refractivity contribution in [2.75, 3.05) is 25.6 Å². The number of pyridine rings is 1. The van der Waals surface area contributed by atoms with Crippen LogP contribution in [0.15, 0.2) is 48.9 Å². The van der Waals surface area contributed by atoms with Crippen LogP contribution in [0.5, 0.6) is 17.4 Å². The van der Waals surface area contributed by atoms with Crippen LogP contribution in [0.25, 0.3) is 36.7 Å². The fraction of sp³-hybridized carbons (Fsp3) is 0.185. The standard InChI is InChI=1S/C27H20N6O5S/c1-14-6-18(23-20(7-14)32-22(35-3)11-30-23)26-33-19-4-5-21-24(25(19)39-26)36-12-17(38-21)13-37-27(34)31-16-8-15(28-2)9-29-10-16/h4-11,17H,12-13H2,1,3H3,(H,31,34)/t17-/m1/s1. The second-order valence-corrected chi connectivity index (χ2v) is 9.67. The van der Waals surface area contributed by atoms with Crippen molar-refractivity contribution < 1.29 is 23.7 Å². The van der Waals surface area contributed by atoms with Crippen LogP contribution in [0.1, 0.15) is 5.56 Å². The van der Waals surface area contributed by atoms with E-state index in [-0.39, 0.29) is 13.2 Å². The largest absolute Gasteiger partial charge is 0.484 e. The average Bonchev–Trinajstić information content (AvgIpc) is 3.40. The van der Waals surface area contributed by atoms with Gasteiger partial charge in [-0.05, 0) is 42.8 Å². The van der Waals surface area contributed by atoms with Gasteiger partial charge in [0, 0.05) is 18.0 Å². The van der Waals surface area contributed by atoms with Gasteiger partial charge in [-0.3, -0.25) is 10.3 Å². The lowest BCUT2D eigenvalue weighted by Gasteiger charge is -2.26. The van der Waals surface area contributed by atoms with Gasteiger partial charge in [0.1, 0.15) is 22.9 Å². The maximum atomic E-state index is 12.2. The van der Waals surface area contributed by atoms with Crippen LogP contribution in [0.3, 0.4) is 0 Å². The van der Waals surface area contributed by atoms with Gasteiger partial charge < -0.3 is 18.9 Å². The molecular weight excluding hydrogens is 520 g/mol. The highest BCUT2D eigenvalue weighted by Gasteiger charge is 2.26. The molecule has 1 N–H and O–H groups in total. The summed E-state index contributed by atoms with van der Waals surface area (Å²) in [6.45, 7) is 9.22. The molecule has 194 valence electrons. The summed E-state index contributed by atoms with van der Waals surface area (Å²) in [7, 11) is 1.56. The molecule has 0 fully saturated rings. The number of aryl methyl sites for hydroxylation is 1. The van der Waals surface area contributed by atoms with Crippen LogP contribution in [-0.2, 0) is 4.74 Å². The van der Waals surface area contributed by atoms with E-state index >= 15 is 0 Å². The summed E-state index contributed by atoms with van der Waals surface area (Å²) in [5.74, 6) is 1.60. The molecular formula is C27H20N6O5S. The van der Waals surface area contributed by atoms with E-state index in [9.17, 15) is 4.79 Å². The van der Waals surface area contributed by atoms with E-state index < -0.39 is 12.2 Å². The minimum atomic E-state index is -0.679. The summed E-state index contributed by atoms with van der Waals surface area (Å²) in [4.78, 5) is 33.3. The first-order valence-electron chi connectivity index (χ1n) is 11.8. The summed E-state index contributed by atoms with van der Waals surface area (Å²) >= 11 is 1.48. The maximum absolute atomic E-state index is 12.2. The van der Waals surface area contributed by atoms with Crippen LogP contribution in [-0.4, -0.2) is 52.5 Å². The van der Waals surface area contributed by atoms with Crippen LogP contribution in [0.2, 0.25) is 0 Å². The summed E-state index contributed by atoms with van der Waals surface area (Å²) < 4.78 is 23.5. The molecule has 1 aliphatic rings. The minimum absolute atomic E-state index is 0.0232. The highest BCUT2D eigenvalue weighted by atomic mass is 32.1. The lowest BCUT2D eigenvalue weighted by atomic mass is 10.1. The number of carbonyl (C=O) groups is 1. The zero-order chi connectivity index (χ0) is 26.9. The van der Waals surface area contributed by atoms with Crippen molar-refractivity contribution >= 4 is 50.1 Å². The first-order chi connectivity index (χ1) is 19.0. The number of aromatic nitrogens is 4. The Morgan fingerprint density at radius 2 is 2.10 bits per heavy atom. The molecule has 39 heavy (non-hydrogen) atoms. The van der Waals surface area contributed by atoms with Gasteiger partial charge in [-0.15, -0.1) is 11.3 Å². The van der Waals surface area contributed by atoms with Crippen LogP contribution in [0, 0.1) is 13.5 Å². The first-order valence-corrected chi connectivity index (χ1v) is 12.6. The SMILES string of the molecule is [C-]#[N+]c1cncc(NC(=O)OC[C@H]2COc3c(ccc4nc(-c5cc(C)cc6nc(OC)cnc56)sc34)O2)c1. The quantitative estimate of drug-likeness (QED) is 0.286. The predicted octanol–water partition coefficient (Wildman–Crippen LogP) is 5.56. The van der Waals surface area contributed by atoms with Gasteiger partial charge in [-0.25, -0.2) is 24.6 Å². The normalized spacial score (nSPS) is 14.1. The van der Waals surface area contributed by atoms with Crippen molar-refractivity contribution in [3.05, 3.63) is 65.9 Å². The van der Waals surface area contributed by atoms with Crippen molar-refractivity contribution in [2.45, 2.75) is 13.0 Å². The Hall–Kier alpha value is -5.02. The lowest BCUT2D eigenvalue weighted by Crippen LogP contribution is -2.35. The minimum Gasteiger partial charge on any atom is -0.484 e. The molecule has 6 rings (SSSR count). The monoisotopic (exact) mass is 540 g/mol. The topological polar surface area (TPSA) is 122 Å². The summed E-state index contributed by atoms with van der Waals surface area (Å²) in [5, 5.41) is 3.34. The van der Waals surface area contributed by atoms with E-state index in [4.69, 9.17) is 30.5 Å². The summed E-state index contributed by atoms with van der Waals surface area (Å²) in [6, 6.07) is 9.18. The fourth-order valence-corrected chi connectivity index (χ4v) is 5.23. The molecule has 0 saturated heterocycles. The number of amides is 1. The fourth-order valence-electron chi connectivity index (χ4n) is 4.16. The highest BCUT2D eigenvalue weighted by molar-refractivity contribution is 7.22. The number of anilines is 1. The third kappa shape index (κ3) is 4.83. The zero-order valence-electron chi connectivity index (χ0n) is 20.8. The Kier molecular flexibility index (Phi) is 6.26. The van der Waals surface area contributed by atoms with Gasteiger partial charge in [-0.2, -0.15) is 0 Å². The van der Waals surface area contributed by atoms with E-state index in [0.29, 0.717) is 28.8 Å². The molecule has 4 heterocycles. The van der Waals surface area contributed by atoms with Gasteiger partial charge >= 0.3 is 6.09 Å². The molecule has 1 amide bonds. The van der Waals surface area contributed by atoms with Crippen molar-refractivity contribution in [1.29, 1.82) is 0 Å². The van der Waals surface area contributed by atoms with Crippen molar-refractivity contribution in [1.82, 2.24) is 19.9 Å². The molecule has 0 spiro atoms. The van der Waals surface area contributed by atoms with E-state index in [1.54, 1.807) is 19.4 Å². The smallest absolute Gasteiger partial charge is 0.411 e. The molecule has 0 bridgehead atoms. The Morgan fingerprint density at radius 3 is 2.95 bits per heavy atom.